The second-order valence-corrected chi connectivity index (χ2v) is 6.82. The van der Waals surface area contributed by atoms with E-state index in [9.17, 15) is 9.90 Å². The molecule has 1 aliphatic heterocycles. The molecule has 1 unspecified atom stereocenters. The van der Waals surface area contributed by atoms with Crippen molar-refractivity contribution in [3.05, 3.63) is 70.8 Å². The minimum Gasteiger partial charge on any atom is -0.392 e. The largest absolute Gasteiger partial charge is 0.392 e. The average molecular weight is 338 g/mol. The lowest BCUT2D eigenvalue weighted by molar-refractivity contribution is 0.0892. The van der Waals surface area contributed by atoms with Crippen LogP contribution in [0.1, 0.15) is 33.5 Å². The summed E-state index contributed by atoms with van der Waals surface area (Å²) in [7, 11) is 0. The van der Waals surface area contributed by atoms with Crippen LogP contribution in [-0.2, 0) is 13.0 Å². The quantitative estimate of drug-likeness (QED) is 0.851. The first kappa shape index (κ1) is 17.6. The van der Waals surface area contributed by atoms with Gasteiger partial charge in [0.1, 0.15) is 0 Å². The first-order valence-corrected chi connectivity index (χ1v) is 8.94. The van der Waals surface area contributed by atoms with E-state index in [0.717, 1.165) is 25.1 Å². The predicted molar refractivity (Wildman–Crippen MR) is 99.6 cm³/mol. The lowest BCUT2D eigenvalue weighted by atomic mass is 9.99. The third kappa shape index (κ3) is 4.91. The predicted octanol–water partition coefficient (Wildman–Crippen LogP) is 2.53. The van der Waals surface area contributed by atoms with Crippen molar-refractivity contribution in [3.8, 4) is 0 Å². The van der Waals surface area contributed by atoms with Gasteiger partial charge in [-0.25, -0.2) is 0 Å². The van der Waals surface area contributed by atoms with Crippen LogP contribution in [0.5, 0.6) is 0 Å². The Bertz CT molecular complexity index is 712. The number of fused-ring (bicyclic) bond motifs is 1. The maximum Gasteiger partial charge on any atom is 0.251 e. The molecule has 1 heterocycles. The molecule has 0 aliphatic carbocycles. The summed E-state index contributed by atoms with van der Waals surface area (Å²) in [5, 5.41) is 13.2. The van der Waals surface area contributed by atoms with Gasteiger partial charge in [0.15, 0.2) is 0 Å². The minimum atomic E-state index is -0.427. The number of amides is 1. The molecule has 0 saturated carbocycles. The SMILES string of the molecule is Cc1ccc(C(=O)NCCC(O)CN2CCc3ccccc3C2)cc1. The summed E-state index contributed by atoms with van der Waals surface area (Å²) in [6, 6.07) is 16.0. The number of nitrogens with zero attached hydrogens (tertiary/aromatic N) is 1. The van der Waals surface area contributed by atoms with Crippen molar-refractivity contribution in [3.63, 3.8) is 0 Å². The summed E-state index contributed by atoms with van der Waals surface area (Å²) in [6.07, 6.45) is 1.17. The average Bonchev–Trinajstić information content (AvgIpc) is 2.62. The molecule has 0 aromatic heterocycles. The molecule has 0 radical (unpaired) electrons. The zero-order valence-corrected chi connectivity index (χ0v) is 14.7. The summed E-state index contributed by atoms with van der Waals surface area (Å²) >= 11 is 0. The van der Waals surface area contributed by atoms with Gasteiger partial charge < -0.3 is 10.4 Å². The lowest BCUT2D eigenvalue weighted by Gasteiger charge is -2.30. The van der Waals surface area contributed by atoms with Gasteiger partial charge in [-0.05, 0) is 43.0 Å². The van der Waals surface area contributed by atoms with E-state index < -0.39 is 6.10 Å². The number of aryl methyl sites for hydroxylation is 1. The van der Waals surface area contributed by atoms with E-state index in [4.69, 9.17) is 0 Å². The maximum atomic E-state index is 12.1. The van der Waals surface area contributed by atoms with Crippen molar-refractivity contribution in [2.45, 2.75) is 32.4 Å². The highest BCUT2D eigenvalue weighted by atomic mass is 16.3. The molecule has 132 valence electrons. The number of hydrogen-bond donors (Lipinski definition) is 2. The van der Waals surface area contributed by atoms with Gasteiger partial charge in [-0.3, -0.25) is 9.69 Å². The van der Waals surface area contributed by atoms with E-state index in [1.165, 1.54) is 11.1 Å². The molecule has 25 heavy (non-hydrogen) atoms. The third-order valence-electron chi connectivity index (χ3n) is 4.76. The van der Waals surface area contributed by atoms with Gasteiger partial charge in [0.25, 0.3) is 5.91 Å². The first-order chi connectivity index (χ1) is 12.1. The maximum absolute atomic E-state index is 12.1. The molecule has 0 bridgehead atoms. The van der Waals surface area contributed by atoms with Crippen molar-refractivity contribution in [2.75, 3.05) is 19.6 Å². The standard InChI is InChI=1S/C21H26N2O2/c1-16-6-8-18(9-7-16)21(25)22-12-10-20(24)15-23-13-11-17-4-2-3-5-19(17)14-23/h2-9,20,24H,10-15H2,1H3,(H,22,25). The molecule has 1 aliphatic rings. The second kappa shape index (κ2) is 8.28. The Morgan fingerprint density at radius 3 is 2.64 bits per heavy atom. The lowest BCUT2D eigenvalue weighted by Crippen LogP contribution is -2.38. The third-order valence-corrected chi connectivity index (χ3v) is 4.76. The van der Waals surface area contributed by atoms with Crippen LogP contribution in [0.4, 0.5) is 0 Å². The van der Waals surface area contributed by atoms with Crippen LogP contribution >= 0.6 is 0 Å². The van der Waals surface area contributed by atoms with Gasteiger partial charge in [-0.15, -0.1) is 0 Å². The molecular formula is C21H26N2O2. The summed E-state index contributed by atoms with van der Waals surface area (Å²) in [5.41, 5.74) is 4.56. The number of aliphatic hydroxyl groups excluding tert-OH is 1. The van der Waals surface area contributed by atoms with Crippen LogP contribution in [0.3, 0.4) is 0 Å². The van der Waals surface area contributed by atoms with Crippen molar-refractivity contribution >= 4 is 5.91 Å². The molecule has 0 fully saturated rings. The zero-order valence-electron chi connectivity index (χ0n) is 14.7. The number of rotatable bonds is 6. The normalized spacial score (nSPS) is 15.4. The van der Waals surface area contributed by atoms with Gasteiger partial charge in [-0.1, -0.05) is 42.0 Å². The van der Waals surface area contributed by atoms with Crippen molar-refractivity contribution in [1.82, 2.24) is 10.2 Å². The van der Waals surface area contributed by atoms with Gasteiger partial charge in [-0.2, -0.15) is 0 Å². The fourth-order valence-electron chi connectivity index (χ4n) is 3.26. The van der Waals surface area contributed by atoms with Crippen molar-refractivity contribution in [2.24, 2.45) is 0 Å². The Hall–Kier alpha value is -2.17. The zero-order chi connectivity index (χ0) is 17.6. The fraction of sp³-hybridized carbons (Fsp3) is 0.381. The summed E-state index contributed by atoms with van der Waals surface area (Å²) in [6.45, 7) is 5.00. The van der Waals surface area contributed by atoms with E-state index in [2.05, 4.69) is 34.5 Å². The second-order valence-electron chi connectivity index (χ2n) is 6.82. The van der Waals surface area contributed by atoms with E-state index in [0.29, 0.717) is 25.1 Å². The number of benzene rings is 2. The summed E-state index contributed by atoms with van der Waals surface area (Å²) < 4.78 is 0. The highest BCUT2D eigenvalue weighted by molar-refractivity contribution is 5.94. The van der Waals surface area contributed by atoms with Crippen LogP contribution in [0.15, 0.2) is 48.5 Å². The Morgan fingerprint density at radius 2 is 1.88 bits per heavy atom. The molecule has 4 nitrogen and oxygen atoms in total. The summed E-state index contributed by atoms with van der Waals surface area (Å²) in [4.78, 5) is 14.3. The monoisotopic (exact) mass is 338 g/mol. The Labute approximate surface area is 149 Å². The number of nitrogens with one attached hydrogen (secondary N) is 1. The molecule has 0 saturated heterocycles. The Balaban J connectivity index is 1.40. The molecular weight excluding hydrogens is 312 g/mol. The van der Waals surface area contributed by atoms with Gasteiger partial charge in [0.2, 0.25) is 0 Å². The Morgan fingerprint density at radius 1 is 1.16 bits per heavy atom. The van der Waals surface area contributed by atoms with Gasteiger partial charge in [0.05, 0.1) is 6.10 Å². The number of carbonyl (C=O) groups excluding carboxylic acids is 1. The van der Waals surface area contributed by atoms with Gasteiger partial charge in [0, 0.05) is 31.7 Å². The molecule has 2 aromatic carbocycles. The molecule has 0 spiro atoms. The molecule has 1 amide bonds. The van der Waals surface area contributed by atoms with Crippen LogP contribution < -0.4 is 5.32 Å². The van der Waals surface area contributed by atoms with Crippen LogP contribution in [0, 0.1) is 6.92 Å². The molecule has 3 rings (SSSR count). The van der Waals surface area contributed by atoms with Crippen LogP contribution in [0.2, 0.25) is 0 Å². The van der Waals surface area contributed by atoms with Crippen molar-refractivity contribution < 1.29 is 9.90 Å². The number of hydrogen-bond acceptors (Lipinski definition) is 3. The Kier molecular flexibility index (Phi) is 5.84. The van der Waals surface area contributed by atoms with E-state index in [1.54, 1.807) is 0 Å². The fourth-order valence-corrected chi connectivity index (χ4v) is 3.26. The van der Waals surface area contributed by atoms with E-state index >= 15 is 0 Å². The van der Waals surface area contributed by atoms with Crippen molar-refractivity contribution in [1.29, 1.82) is 0 Å². The number of carbonyl (C=O) groups is 1. The highest BCUT2D eigenvalue weighted by Gasteiger charge is 2.18. The van der Waals surface area contributed by atoms with Crippen LogP contribution in [-0.4, -0.2) is 41.7 Å². The molecule has 2 aromatic rings. The number of β-amino-alcohol motifs (C(OH)–C–C–N with tert-alkyl or cyclic N) is 1. The number of aliphatic hydroxyl groups is 1. The van der Waals surface area contributed by atoms with Gasteiger partial charge >= 0.3 is 0 Å². The first-order valence-electron chi connectivity index (χ1n) is 8.94. The van der Waals surface area contributed by atoms with Crippen LogP contribution in [0.25, 0.3) is 0 Å². The smallest absolute Gasteiger partial charge is 0.251 e. The molecule has 1 atom stereocenters. The van der Waals surface area contributed by atoms with E-state index in [-0.39, 0.29) is 5.91 Å². The minimum absolute atomic E-state index is 0.0842. The molecule has 4 heteroatoms. The summed E-state index contributed by atoms with van der Waals surface area (Å²) in [5.74, 6) is -0.0842. The highest BCUT2D eigenvalue weighted by Crippen LogP contribution is 2.18. The van der Waals surface area contributed by atoms with E-state index in [1.807, 2.05) is 31.2 Å². The molecule has 2 N–H and O–H groups in total. The topological polar surface area (TPSA) is 52.6 Å².